The van der Waals surface area contributed by atoms with Crippen LogP contribution in [0.1, 0.15) is 38.8 Å². The van der Waals surface area contributed by atoms with Gasteiger partial charge >= 0.3 is 0 Å². The summed E-state index contributed by atoms with van der Waals surface area (Å²) >= 11 is 0. The molecule has 0 aromatic heterocycles. The van der Waals surface area contributed by atoms with Gasteiger partial charge in [0.2, 0.25) is 0 Å². The molecule has 2 aromatic rings. The van der Waals surface area contributed by atoms with Crippen molar-refractivity contribution < 1.29 is 30.6 Å². The van der Waals surface area contributed by atoms with Gasteiger partial charge in [-0.2, -0.15) is 0 Å². The van der Waals surface area contributed by atoms with Crippen LogP contribution in [-0.2, 0) is 12.8 Å². The molecule has 0 saturated heterocycles. The van der Waals surface area contributed by atoms with Crippen molar-refractivity contribution in [1.82, 2.24) is 0 Å². The van der Waals surface area contributed by atoms with E-state index in [0.717, 1.165) is 23.3 Å². The summed E-state index contributed by atoms with van der Waals surface area (Å²) in [6.45, 7) is 7.45. The first-order valence-corrected chi connectivity index (χ1v) is 8.85. The highest BCUT2D eigenvalue weighted by molar-refractivity contribution is 5.88. The van der Waals surface area contributed by atoms with Gasteiger partial charge in [0, 0.05) is 23.3 Å². The third kappa shape index (κ3) is 4.17. The van der Waals surface area contributed by atoms with Crippen LogP contribution in [-0.4, -0.2) is 30.6 Å². The van der Waals surface area contributed by atoms with Crippen LogP contribution >= 0.6 is 0 Å². The normalized spacial score (nSPS) is 10.6. The van der Waals surface area contributed by atoms with Crippen molar-refractivity contribution in [2.45, 2.75) is 40.5 Å². The van der Waals surface area contributed by atoms with Gasteiger partial charge in [0.25, 0.3) is 0 Å². The number of phenolic OH excluding ortho intramolecular Hbond substituents is 6. The van der Waals surface area contributed by atoms with Gasteiger partial charge in [0.15, 0.2) is 0 Å². The topological polar surface area (TPSA) is 121 Å². The van der Waals surface area contributed by atoms with Crippen LogP contribution in [0.5, 0.6) is 34.5 Å². The largest absolute Gasteiger partial charge is 0.507 e. The van der Waals surface area contributed by atoms with Crippen molar-refractivity contribution in [1.29, 1.82) is 0 Å². The fraction of sp³-hybridized carbons (Fsp3) is 0.273. The molecule has 0 unspecified atom stereocenters. The predicted octanol–water partition coefficient (Wildman–Crippen LogP) is 4.60. The van der Waals surface area contributed by atoms with Crippen molar-refractivity contribution in [3.05, 3.63) is 46.6 Å². The smallest absolute Gasteiger partial charge is 0.134 e. The summed E-state index contributed by atoms with van der Waals surface area (Å²) in [5.41, 5.74) is 1.78. The summed E-state index contributed by atoms with van der Waals surface area (Å²) in [4.78, 5) is 0. The van der Waals surface area contributed by atoms with Crippen LogP contribution in [0, 0.1) is 0 Å². The van der Waals surface area contributed by atoms with Gasteiger partial charge in [-0.3, -0.25) is 0 Å². The van der Waals surface area contributed by atoms with Crippen LogP contribution in [0.4, 0.5) is 0 Å². The highest BCUT2D eigenvalue weighted by Crippen LogP contribution is 2.52. The van der Waals surface area contributed by atoms with Crippen LogP contribution < -0.4 is 0 Å². The van der Waals surface area contributed by atoms with Gasteiger partial charge in [0.05, 0.1) is 11.1 Å². The molecule has 6 heteroatoms. The number of allylic oxidation sites excluding steroid dienone is 4. The number of hydrogen-bond donors (Lipinski definition) is 6. The minimum atomic E-state index is -0.514. The lowest BCUT2D eigenvalue weighted by Crippen LogP contribution is -1.94. The molecule has 0 bridgehead atoms. The van der Waals surface area contributed by atoms with Crippen LogP contribution in [0.3, 0.4) is 0 Å². The van der Waals surface area contributed by atoms with Crippen molar-refractivity contribution in [3.8, 4) is 45.6 Å². The van der Waals surface area contributed by atoms with E-state index in [1.807, 2.05) is 27.7 Å². The Bertz CT molecular complexity index is 882. The standard InChI is InChI=1S/C22H26O6/c1-11(2)5-7-13-15(23)9-17(25)19(21(13)27)20-18(26)10-16(24)14(22(20)28)8-6-12(3)4/h5-6,9-10,23-28H,7-8H2,1-4H3. The van der Waals surface area contributed by atoms with Gasteiger partial charge in [-0.1, -0.05) is 23.3 Å². The number of rotatable bonds is 5. The van der Waals surface area contributed by atoms with Crippen molar-refractivity contribution in [2.75, 3.05) is 0 Å². The lowest BCUT2D eigenvalue weighted by Gasteiger charge is -2.17. The molecule has 2 aromatic carbocycles. The molecule has 150 valence electrons. The molecule has 2 rings (SSSR count). The van der Waals surface area contributed by atoms with Crippen LogP contribution in [0.15, 0.2) is 35.4 Å². The first-order chi connectivity index (χ1) is 13.0. The molecular weight excluding hydrogens is 360 g/mol. The second-order valence-electron chi connectivity index (χ2n) is 7.21. The maximum atomic E-state index is 10.7. The van der Waals surface area contributed by atoms with Crippen LogP contribution in [0.25, 0.3) is 11.1 Å². The zero-order chi connectivity index (χ0) is 21.2. The highest BCUT2D eigenvalue weighted by atomic mass is 16.3. The highest BCUT2D eigenvalue weighted by Gasteiger charge is 2.26. The quantitative estimate of drug-likeness (QED) is 0.418. The van der Waals surface area contributed by atoms with Crippen molar-refractivity contribution >= 4 is 0 Å². The second-order valence-corrected chi connectivity index (χ2v) is 7.21. The molecule has 0 amide bonds. The Hall–Kier alpha value is -3.28. The molecule has 0 radical (unpaired) electrons. The minimum Gasteiger partial charge on any atom is -0.507 e. The number of phenols is 6. The molecule has 0 heterocycles. The Morgan fingerprint density at radius 2 is 0.929 bits per heavy atom. The lowest BCUT2D eigenvalue weighted by atomic mass is 9.93. The molecule has 28 heavy (non-hydrogen) atoms. The molecular formula is C22H26O6. The molecule has 0 spiro atoms. The SMILES string of the molecule is CC(C)=CCc1c(O)cc(O)c(-c2c(O)cc(O)c(CC=C(C)C)c2O)c1O. The molecule has 6 nitrogen and oxygen atoms in total. The lowest BCUT2D eigenvalue weighted by molar-refractivity contribution is 0.412. The maximum absolute atomic E-state index is 10.7. The van der Waals surface area contributed by atoms with Crippen molar-refractivity contribution in [2.24, 2.45) is 0 Å². The Kier molecular flexibility index (Phi) is 6.13. The fourth-order valence-corrected chi connectivity index (χ4v) is 2.87. The molecule has 0 atom stereocenters. The van der Waals surface area contributed by atoms with E-state index in [4.69, 9.17) is 0 Å². The average Bonchev–Trinajstić information content (AvgIpc) is 2.56. The van der Waals surface area contributed by atoms with E-state index in [-0.39, 0.29) is 46.6 Å². The molecule has 0 aliphatic rings. The first kappa shape index (κ1) is 21.0. The summed E-state index contributed by atoms with van der Waals surface area (Å²) in [5.74, 6) is -2.56. The van der Waals surface area contributed by atoms with E-state index in [9.17, 15) is 30.6 Å². The van der Waals surface area contributed by atoms with Gasteiger partial charge in [0.1, 0.15) is 34.5 Å². The summed E-state index contributed by atoms with van der Waals surface area (Å²) in [6.07, 6.45) is 3.95. The Labute approximate surface area is 164 Å². The summed E-state index contributed by atoms with van der Waals surface area (Å²) in [7, 11) is 0. The van der Waals surface area contributed by atoms with E-state index in [1.165, 1.54) is 0 Å². The van der Waals surface area contributed by atoms with E-state index in [2.05, 4.69) is 0 Å². The number of benzene rings is 2. The molecule has 0 aliphatic heterocycles. The van der Waals surface area contributed by atoms with Gasteiger partial charge in [-0.05, 0) is 40.5 Å². The summed E-state index contributed by atoms with van der Waals surface area (Å²) in [6, 6.07) is 2.09. The minimum absolute atomic E-state index is 0.145. The number of hydrogen-bond acceptors (Lipinski definition) is 6. The third-order valence-electron chi connectivity index (χ3n) is 4.40. The zero-order valence-electron chi connectivity index (χ0n) is 16.4. The molecule has 0 fully saturated rings. The van der Waals surface area contributed by atoms with Crippen molar-refractivity contribution in [3.63, 3.8) is 0 Å². The van der Waals surface area contributed by atoms with Gasteiger partial charge in [-0.15, -0.1) is 0 Å². The van der Waals surface area contributed by atoms with E-state index < -0.39 is 23.0 Å². The third-order valence-corrected chi connectivity index (χ3v) is 4.40. The second kappa shape index (κ2) is 8.17. The van der Waals surface area contributed by atoms with Gasteiger partial charge < -0.3 is 30.6 Å². The Balaban J connectivity index is 2.77. The average molecular weight is 386 g/mol. The summed E-state index contributed by atoms with van der Waals surface area (Å²) in [5, 5.41) is 62.3. The van der Waals surface area contributed by atoms with E-state index in [0.29, 0.717) is 0 Å². The Morgan fingerprint density at radius 3 is 1.21 bits per heavy atom. The predicted molar refractivity (Wildman–Crippen MR) is 108 cm³/mol. The molecule has 6 N–H and O–H groups in total. The maximum Gasteiger partial charge on any atom is 0.134 e. The molecule has 0 saturated carbocycles. The Morgan fingerprint density at radius 1 is 0.607 bits per heavy atom. The first-order valence-electron chi connectivity index (χ1n) is 8.85. The monoisotopic (exact) mass is 386 g/mol. The van der Waals surface area contributed by atoms with Crippen LogP contribution in [0.2, 0.25) is 0 Å². The molecule has 0 aliphatic carbocycles. The zero-order valence-corrected chi connectivity index (χ0v) is 16.4. The number of aromatic hydroxyl groups is 6. The summed E-state index contributed by atoms with van der Waals surface area (Å²) < 4.78 is 0. The van der Waals surface area contributed by atoms with Gasteiger partial charge in [-0.25, -0.2) is 0 Å². The fourth-order valence-electron chi connectivity index (χ4n) is 2.87. The van der Waals surface area contributed by atoms with E-state index >= 15 is 0 Å². The van der Waals surface area contributed by atoms with E-state index in [1.54, 1.807) is 12.2 Å².